The first kappa shape index (κ1) is 12.3. The number of nitrogens with one attached hydrogen (secondary N) is 1. The molecule has 0 aliphatic heterocycles. The SMILES string of the molecule is CCC(N)(CC)Cn1c(=N)sc2ccccc21. The van der Waals surface area contributed by atoms with Crippen LogP contribution >= 0.6 is 11.3 Å². The van der Waals surface area contributed by atoms with Crippen molar-refractivity contribution in [3.63, 3.8) is 0 Å². The van der Waals surface area contributed by atoms with Gasteiger partial charge in [-0.1, -0.05) is 37.3 Å². The van der Waals surface area contributed by atoms with Crippen molar-refractivity contribution in [1.29, 1.82) is 5.41 Å². The second-order valence-electron chi connectivity index (χ2n) is 4.53. The molecule has 17 heavy (non-hydrogen) atoms. The molecule has 0 spiro atoms. The van der Waals surface area contributed by atoms with Gasteiger partial charge in [-0.3, -0.25) is 5.41 Å². The van der Waals surface area contributed by atoms with Gasteiger partial charge in [-0.05, 0) is 25.0 Å². The summed E-state index contributed by atoms with van der Waals surface area (Å²) >= 11 is 1.51. The van der Waals surface area contributed by atoms with Gasteiger partial charge < -0.3 is 10.3 Å². The smallest absolute Gasteiger partial charge is 0.182 e. The van der Waals surface area contributed by atoms with Crippen molar-refractivity contribution in [2.75, 3.05) is 0 Å². The average molecular weight is 249 g/mol. The Morgan fingerprint density at radius 2 is 1.94 bits per heavy atom. The van der Waals surface area contributed by atoms with Crippen LogP contribution in [-0.2, 0) is 6.54 Å². The van der Waals surface area contributed by atoms with Crippen molar-refractivity contribution in [2.45, 2.75) is 38.8 Å². The van der Waals surface area contributed by atoms with Gasteiger partial charge >= 0.3 is 0 Å². The number of rotatable bonds is 4. The summed E-state index contributed by atoms with van der Waals surface area (Å²) in [5.74, 6) is 0. The molecule has 0 saturated heterocycles. The lowest BCUT2D eigenvalue weighted by Crippen LogP contribution is -2.44. The van der Waals surface area contributed by atoms with Gasteiger partial charge in [-0.15, -0.1) is 0 Å². The van der Waals surface area contributed by atoms with E-state index in [1.807, 2.05) is 16.7 Å². The Balaban J connectivity index is 2.49. The molecule has 0 fully saturated rings. The number of aromatic nitrogens is 1. The summed E-state index contributed by atoms with van der Waals surface area (Å²) in [6.45, 7) is 4.95. The summed E-state index contributed by atoms with van der Waals surface area (Å²) in [5, 5.41) is 8.06. The fraction of sp³-hybridized carbons (Fsp3) is 0.462. The van der Waals surface area contributed by atoms with E-state index < -0.39 is 0 Å². The lowest BCUT2D eigenvalue weighted by Gasteiger charge is -2.27. The van der Waals surface area contributed by atoms with Crippen molar-refractivity contribution in [1.82, 2.24) is 4.57 Å². The third-order valence-corrected chi connectivity index (χ3v) is 4.47. The quantitative estimate of drug-likeness (QED) is 0.860. The Hall–Kier alpha value is -1.13. The third-order valence-electron chi connectivity index (χ3n) is 3.49. The molecule has 0 unspecified atom stereocenters. The highest BCUT2D eigenvalue weighted by atomic mass is 32.1. The van der Waals surface area contributed by atoms with E-state index in [9.17, 15) is 0 Å². The molecule has 0 radical (unpaired) electrons. The highest BCUT2D eigenvalue weighted by Crippen LogP contribution is 2.20. The molecule has 3 nitrogen and oxygen atoms in total. The van der Waals surface area contributed by atoms with Crippen molar-refractivity contribution in [2.24, 2.45) is 5.73 Å². The zero-order chi connectivity index (χ0) is 12.5. The first-order valence-corrected chi connectivity index (χ1v) is 6.83. The van der Waals surface area contributed by atoms with Crippen LogP contribution in [0.4, 0.5) is 0 Å². The van der Waals surface area contributed by atoms with Crippen LogP contribution in [0, 0.1) is 5.41 Å². The zero-order valence-electron chi connectivity index (χ0n) is 10.4. The topological polar surface area (TPSA) is 54.8 Å². The van der Waals surface area contributed by atoms with Gasteiger partial charge in [0, 0.05) is 12.1 Å². The van der Waals surface area contributed by atoms with Gasteiger partial charge in [0.25, 0.3) is 0 Å². The molecule has 0 aliphatic carbocycles. The first-order valence-electron chi connectivity index (χ1n) is 6.01. The minimum atomic E-state index is -0.204. The monoisotopic (exact) mass is 249 g/mol. The molecule has 2 rings (SSSR count). The molecule has 3 N–H and O–H groups in total. The molecule has 92 valence electrons. The highest BCUT2D eigenvalue weighted by Gasteiger charge is 2.22. The van der Waals surface area contributed by atoms with E-state index in [1.165, 1.54) is 11.3 Å². The molecule has 1 aromatic heterocycles. The summed E-state index contributed by atoms with van der Waals surface area (Å²) in [6.07, 6.45) is 1.86. The van der Waals surface area contributed by atoms with E-state index in [-0.39, 0.29) is 5.54 Å². The molecule has 0 atom stereocenters. The number of nitrogens with zero attached hydrogens (tertiary/aromatic N) is 1. The standard InChI is InChI=1S/C13H19N3S/c1-3-13(15,4-2)9-16-10-7-5-6-8-11(10)17-12(16)14/h5-8,14H,3-4,9,15H2,1-2H3. The summed E-state index contributed by atoms with van der Waals surface area (Å²) in [7, 11) is 0. The summed E-state index contributed by atoms with van der Waals surface area (Å²) in [4.78, 5) is 0.586. The Morgan fingerprint density at radius 3 is 2.59 bits per heavy atom. The third kappa shape index (κ3) is 2.28. The van der Waals surface area contributed by atoms with Crippen LogP contribution in [0.5, 0.6) is 0 Å². The van der Waals surface area contributed by atoms with E-state index in [0.717, 1.165) is 29.6 Å². The van der Waals surface area contributed by atoms with Gasteiger partial charge in [0.05, 0.1) is 10.2 Å². The van der Waals surface area contributed by atoms with E-state index >= 15 is 0 Å². The van der Waals surface area contributed by atoms with Crippen LogP contribution in [-0.4, -0.2) is 10.1 Å². The van der Waals surface area contributed by atoms with E-state index in [2.05, 4.69) is 26.0 Å². The van der Waals surface area contributed by atoms with Gasteiger partial charge in [-0.2, -0.15) is 0 Å². The van der Waals surface area contributed by atoms with Gasteiger partial charge in [0.2, 0.25) is 0 Å². The van der Waals surface area contributed by atoms with Crippen molar-refractivity contribution >= 4 is 21.6 Å². The second kappa shape index (κ2) is 4.63. The fourth-order valence-corrected chi connectivity index (χ4v) is 2.89. The molecule has 4 heteroatoms. The van der Waals surface area contributed by atoms with E-state index in [1.54, 1.807) is 0 Å². The zero-order valence-corrected chi connectivity index (χ0v) is 11.2. The molecule has 0 aliphatic rings. The Bertz CT molecular complexity index is 563. The molecule has 0 bridgehead atoms. The summed E-state index contributed by atoms with van der Waals surface area (Å²) in [6, 6.07) is 8.15. The molecule has 1 heterocycles. The fourth-order valence-electron chi connectivity index (χ4n) is 1.98. The Kier molecular flexibility index (Phi) is 3.35. The number of hydrogen-bond acceptors (Lipinski definition) is 3. The first-order chi connectivity index (χ1) is 8.09. The number of hydrogen-bond donors (Lipinski definition) is 2. The van der Waals surface area contributed by atoms with Crippen LogP contribution in [0.1, 0.15) is 26.7 Å². The number of benzene rings is 1. The normalized spacial score (nSPS) is 12.2. The van der Waals surface area contributed by atoms with Gasteiger partial charge in [0.15, 0.2) is 4.80 Å². The highest BCUT2D eigenvalue weighted by molar-refractivity contribution is 7.16. The maximum atomic E-state index is 8.06. The summed E-state index contributed by atoms with van der Waals surface area (Å²) in [5.41, 5.74) is 7.27. The van der Waals surface area contributed by atoms with Crippen molar-refractivity contribution < 1.29 is 0 Å². The lowest BCUT2D eigenvalue weighted by atomic mass is 9.94. The van der Waals surface area contributed by atoms with E-state index in [0.29, 0.717) is 4.80 Å². The number of para-hydroxylation sites is 1. The van der Waals surface area contributed by atoms with Crippen LogP contribution < -0.4 is 10.5 Å². The van der Waals surface area contributed by atoms with Crippen LogP contribution in [0.25, 0.3) is 10.2 Å². The average Bonchev–Trinajstić information content (AvgIpc) is 2.66. The molecular formula is C13H19N3S. The maximum Gasteiger partial charge on any atom is 0.182 e. The minimum absolute atomic E-state index is 0.204. The number of nitrogens with two attached hydrogens (primary N) is 1. The van der Waals surface area contributed by atoms with Crippen LogP contribution in [0.15, 0.2) is 24.3 Å². The predicted octanol–water partition coefficient (Wildman–Crippen LogP) is 2.70. The largest absolute Gasteiger partial charge is 0.324 e. The van der Waals surface area contributed by atoms with Gasteiger partial charge in [0.1, 0.15) is 0 Å². The number of thiazole rings is 1. The molecular weight excluding hydrogens is 230 g/mol. The minimum Gasteiger partial charge on any atom is -0.324 e. The predicted molar refractivity (Wildman–Crippen MR) is 73.2 cm³/mol. The molecule has 0 saturated carbocycles. The molecule has 2 aromatic rings. The van der Waals surface area contributed by atoms with Crippen LogP contribution in [0.3, 0.4) is 0 Å². The maximum absolute atomic E-state index is 8.06. The van der Waals surface area contributed by atoms with Gasteiger partial charge in [-0.25, -0.2) is 0 Å². The van der Waals surface area contributed by atoms with Crippen LogP contribution in [0.2, 0.25) is 0 Å². The summed E-state index contributed by atoms with van der Waals surface area (Å²) < 4.78 is 3.19. The second-order valence-corrected chi connectivity index (χ2v) is 5.56. The van der Waals surface area contributed by atoms with Crippen molar-refractivity contribution in [3.8, 4) is 0 Å². The molecule has 0 amide bonds. The number of fused-ring (bicyclic) bond motifs is 1. The van der Waals surface area contributed by atoms with E-state index in [4.69, 9.17) is 11.1 Å². The molecule has 1 aromatic carbocycles. The van der Waals surface area contributed by atoms with Crippen molar-refractivity contribution in [3.05, 3.63) is 29.1 Å². The lowest BCUT2D eigenvalue weighted by molar-refractivity contribution is 0.340. The Labute approximate surface area is 105 Å². The Morgan fingerprint density at radius 1 is 1.29 bits per heavy atom.